The van der Waals surface area contributed by atoms with Crippen molar-refractivity contribution in [3.05, 3.63) is 104 Å². The van der Waals surface area contributed by atoms with Crippen LogP contribution in [0, 0.1) is 22.9 Å². The second-order valence-electron chi connectivity index (χ2n) is 8.50. The van der Waals surface area contributed by atoms with Crippen molar-refractivity contribution in [2.45, 2.75) is 20.1 Å². The molecule has 1 amide bonds. The Morgan fingerprint density at radius 1 is 1.09 bits per heavy atom. The molecule has 0 spiro atoms. The average Bonchev–Trinajstić information content (AvgIpc) is 2.84. The number of nitro groups is 1. The van der Waals surface area contributed by atoms with Crippen molar-refractivity contribution in [1.82, 2.24) is 9.80 Å². The molecule has 182 valence electrons. The van der Waals surface area contributed by atoms with Gasteiger partial charge >= 0.3 is 0 Å². The zero-order chi connectivity index (χ0) is 24.9. The Bertz CT molecular complexity index is 1250. The molecular formula is C26H25ClFN3O4. The highest BCUT2D eigenvalue weighted by Gasteiger charge is 2.23. The van der Waals surface area contributed by atoms with Gasteiger partial charge in [0, 0.05) is 54.9 Å². The molecule has 1 fully saturated rings. The van der Waals surface area contributed by atoms with Gasteiger partial charge in [0.2, 0.25) is 0 Å². The Labute approximate surface area is 207 Å². The highest BCUT2D eigenvalue weighted by Crippen LogP contribution is 2.24. The van der Waals surface area contributed by atoms with E-state index in [-0.39, 0.29) is 24.0 Å². The number of rotatable bonds is 7. The minimum Gasteiger partial charge on any atom is -0.489 e. The van der Waals surface area contributed by atoms with E-state index in [1.165, 1.54) is 18.2 Å². The molecule has 1 aliphatic rings. The monoisotopic (exact) mass is 497 g/mol. The van der Waals surface area contributed by atoms with Crippen molar-refractivity contribution < 1.29 is 18.8 Å². The average molecular weight is 498 g/mol. The Morgan fingerprint density at radius 2 is 1.86 bits per heavy atom. The third-order valence-corrected chi connectivity index (χ3v) is 6.36. The second-order valence-corrected chi connectivity index (χ2v) is 8.91. The van der Waals surface area contributed by atoms with Crippen molar-refractivity contribution in [1.29, 1.82) is 0 Å². The number of piperazine rings is 1. The molecule has 1 heterocycles. The fourth-order valence-corrected chi connectivity index (χ4v) is 4.29. The van der Waals surface area contributed by atoms with E-state index in [1.807, 2.05) is 23.1 Å². The zero-order valence-electron chi connectivity index (χ0n) is 19.2. The van der Waals surface area contributed by atoms with Crippen LogP contribution in [0.4, 0.5) is 10.1 Å². The fourth-order valence-electron chi connectivity index (χ4n) is 4.07. The van der Waals surface area contributed by atoms with Crippen LogP contribution in [0.25, 0.3) is 0 Å². The van der Waals surface area contributed by atoms with E-state index >= 15 is 0 Å². The molecule has 0 radical (unpaired) electrons. The van der Waals surface area contributed by atoms with Gasteiger partial charge in [0.1, 0.15) is 18.2 Å². The van der Waals surface area contributed by atoms with Crippen LogP contribution in [0.1, 0.15) is 27.0 Å². The summed E-state index contributed by atoms with van der Waals surface area (Å²) in [6.45, 7) is 5.07. The second kappa shape index (κ2) is 10.8. The molecule has 0 saturated carbocycles. The predicted octanol–water partition coefficient (Wildman–Crippen LogP) is 5.23. The van der Waals surface area contributed by atoms with Crippen molar-refractivity contribution in [2.75, 3.05) is 26.2 Å². The van der Waals surface area contributed by atoms with Crippen LogP contribution < -0.4 is 4.74 Å². The highest BCUT2D eigenvalue weighted by molar-refractivity contribution is 6.31. The highest BCUT2D eigenvalue weighted by atomic mass is 35.5. The summed E-state index contributed by atoms with van der Waals surface area (Å²) in [6, 6.07) is 16.3. The minimum atomic E-state index is -0.425. The number of carbonyl (C=O) groups excluding carboxylic acids is 1. The molecular weight excluding hydrogens is 473 g/mol. The standard InChI is InChI=1S/C26H25ClFN3O4/c1-18-13-23(7-8-25(18)31(33)34)35-17-19-3-2-4-20(14-19)26(32)30-11-9-29(10-12-30)16-21-5-6-22(28)15-24(21)27/h2-8,13-15H,9-12,16-17H2,1H3. The first kappa shape index (κ1) is 24.6. The lowest BCUT2D eigenvalue weighted by molar-refractivity contribution is -0.385. The van der Waals surface area contributed by atoms with Gasteiger partial charge < -0.3 is 9.64 Å². The van der Waals surface area contributed by atoms with E-state index in [1.54, 1.807) is 31.2 Å². The van der Waals surface area contributed by atoms with E-state index in [2.05, 4.69) is 4.90 Å². The summed E-state index contributed by atoms with van der Waals surface area (Å²) in [6.07, 6.45) is 0. The van der Waals surface area contributed by atoms with E-state index in [0.29, 0.717) is 54.6 Å². The summed E-state index contributed by atoms with van der Waals surface area (Å²) >= 11 is 6.15. The first-order valence-electron chi connectivity index (χ1n) is 11.2. The number of hydrogen-bond acceptors (Lipinski definition) is 5. The SMILES string of the molecule is Cc1cc(OCc2cccc(C(=O)N3CCN(Cc4ccc(F)cc4Cl)CC3)c2)ccc1[N+](=O)[O-]. The Balaban J connectivity index is 1.32. The van der Waals surface area contributed by atoms with Gasteiger partial charge in [-0.3, -0.25) is 19.8 Å². The predicted molar refractivity (Wildman–Crippen MR) is 131 cm³/mol. The van der Waals surface area contributed by atoms with Crippen molar-refractivity contribution >= 4 is 23.2 Å². The quantitative estimate of drug-likeness (QED) is 0.330. The van der Waals surface area contributed by atoms with Gasteiger partial charge in [-0.15, -0.1) is 0 Å². The third kappa shape index (κ3) is 6.15. The molecule has 0 atom stereocenters. The number of halogens is 2. The van der Waals surface area contributed by atoms with Gasteiger partial charge in [0.05, 0.1) is 4.92 Å². The van der Waals surface area contributed by atoms with Crippen LogP contribution in [0.2, 0.25) is 5.02 Å². The summed E-state index contributed by atoms with van der Waals surface area (Å²) in [5, 5.41) is 11.4. The van der Waals surface area contributed by atoms with E-state index in [0.717, 1.165) is 11.1 Å². The summed E-state index contributed by atoms with van der Waals surface area (Å²) in [5.74, 6) is 0.129. The molecule has 35 heavy (non-hydrogen) atoms. The van der Waals surface area contributed by atoms with E-state index in [9.17, 15) is 19.3 Å². The molecule has 3 aromatic rings. The van der Waals surface area contributed by atoms with E-state index in [4.69, 9.17) is 16.3 Å². The van der Waals surface area contributed by atoms with Crippen molar-refractivity contribution in [2.24, 2.45) is 0 Å². The minimum absolute atomic E-state index is 0.0440. The molecule has 4 rings (SSSR count). The smallest absolute Gasteiger partial charge is 0.272 e. The maximum absolute atomic E-state index is 13.3. The number of aryl methyl sites for hydroxylation is 1. The van der Waals surface area contributed by atoms with E-state index < -0.39 is 4.92 Å². The maximum Gasteiger partial charge on any atom is 0.272 e. The molecule has 9 heteroatoms. The first-order chi connectivity index (χ1) is 16.8. The number of hydrogen-bond donors (Lipinski definition) is 0. The van der Waals surface area contributed by atoms with Crippen LogP contribution >= 0.6 is 11.6 Å². The molecule has 0 bridgehead atoms. The number of carbonyl (C=O) groups is 1. The van der Waals surface area contributed by atoms with Gasteiger partial charge in [0.15, 0.2) is 0 Å². The third-order valence-electron chi connectivity index (χ3n) is 6.01. The normalized spacial score (nSPS) is 14.1. The maximum atomic E-state index is 13.3. The number of nitro benzene ring substituents is 1. The Hall–Kier alpha value is -3.49. The fraction of sp³-hybridized carbons (Fsp3) is 0.269. The Kier molecular flexibility index (Phi) is 7.63. The molecule has 1 aliphatic heterocycles. The number of nitrogens with zero attached hydrogens (tertiary/aromatic N) is 3. The lowest BCUT2D eigenvalue weighted by Gasteiger charge is -2.35. The number of benzene rings is 3. The van der Waals surface area contributed by atoms with Crippen molar-refractivity contribution in [3.63, 3.8) is 0 Å². The molecule has 0 aliphatic carbocycles. The summed E-state index contributed by atoms with van der Waals surface area (Å²) in [7, 11) is 0. The number of ether oxygens (including phenoxy) is 1. The Morgan fingerprint density at radius 3 is 2.54 bits per heavy atom. The summed E-state index contributed by atoms with van der Waals surface area (Å²) < 4.78 is 19.1. The van der Waals surface area contributed by atoms with Crippen LogP contribution in [-0.4, -0.2) is 46.8 Å². The van der Waals surface area contributed by atoms with Crippen LogP contribution in [0.15, 0.2) is 60.7 Å². The molecule has 0 N–H and O–H groups in total. The lowest BCUT2D eigenvalue weighted by Crippen LogP contribution is -2.48. The van der Waals surface area contributed by atoms with Crippen LogP contribution in [0.3, 0.4) is 0 Å². The topological polar surface area (TPSA) is 75.9 Å². The lowest BCUT2D eigenvalue weighted by atomic mass is 10.1. The number of amides is 1. The van der Waals surface area contributed by atoms with Gasteiger partial charge in [-0.25, -0.2) is 4.39 Å². The van der Waals surface area contributed by atoms with Crippen LogP contribution in [-0.2, 0) is 13.2 Å². The van der Waals surface area contributed by atoms with Crippen molar-refractivity contribution in [3.8, 4) is 5.75 Å². The molecule has 7 nitrogen and oxygen atoms in total. The molecule has 0 aromatic heterocycles. The van der Waals surface area contributed by atoms with Gasteiger partial charge in [-0.1, -0.05) is 29.8 Å². The first-order valence-corrected chi connectivity index (χ1v) is 11.6. The van der Waals surface area contributed by atoms with Gasteiger partial charge in [-0.2, -0.15) is 0 Å². The largest absolute Gasteiger partial charge is 0.489 e. The van der Waals surface area contributed by atoms with Crippen LogP contribution in [0.5, 0.6) is 5.75 Å². The molecule has 1 saturated heterocycles. The zero-order valence-corrected chi connectivity index (χ0v) is 20.0. The molecule has 0 unspecified atom stereocenters. The van der Waals surface area contributed by atoms with Gasteiger partial charge in [0.25, 0.3) is 11.6 Å². The summed E-state index contributed by atoms with van der Waals surface area (Å²) in [4.78, 5) is 27.6. The molecule has 3 aromatic carbocycles. The van der Waals surface area contributed by atoms with Gasteiger partial charge in [-0.05, 0) is 54.4 Å². The summed E-state index contributed by atoms with van der Waals surface area (Å²) in [5.41, 5.74) is 2.85.